The van der Waals surface area contributed by atoms with Crippen LogP contribution in [-0.2, 0) is 10.0 Å². The summed E-state index contributed by atoms with van der Waals surface area (Å²) in [5.41, 5.74) is 0.965. The van der Waals surface area contributed by atoms with Gasteiger partial charge in [-0.15, -0.1) is 0 Å². The highest BCUT2D eigenvalue weighted by atomic mass is 79.9. The maximum Gasteiger partial charge on any atom is 0.255 e. The van der Waals surface area contributed by atoms with Gasteiger partial charge in [-0.3, -0.25) is 4.79 Å². The molecule has 0 saturated heterocycles. The van der Waals surface area contributed by atoms with Crippen LogP contribution in [0.25, 0.3) is 0 Å². The van der Waals surface area contributed by atoms with Gasteiger partial charge in [0.05, 0.1) is 16.0 Å². The molecule has 1 amide bonds. The van der Waals surface area contributed by atoms with E-state index in [2.05, 4.69) is 39.8 Å². The fraction of sp³-hybridized carbons (Fsp3) is 0.350. The van der Waals surface area contributed by atoms with Crippen LogP contribution in [0.1, 0.15) is 38.1 Å². The first-order valence-electron chi connectivity index (χ1n) is 8.94. The first-order valence-corrected chi connectivity index (χ1v) is 11.2. The molecule has 0 aromatic heterocycles. The Labute approximate surface area is 174 Å². The molecule has 0 unspecified atom stereocenters. The number of benzene rings is 2. The highest BCUT2D eigenvalue weighted by Gasteiger charge is 2.15. The molecule has 2 aromatic rings. The van der Waals surface area contributed by atoms with E-state index in [1.807, 2.05) is 0 Å². The summed E-state index contributed by atoms with van der Waals surface area (Å²) in [4.78, 5) is 12.6. The number of ether oxygens (including phenoxy) is 1. The number of sulfonamides is 1. The minimum absolute atomic E-state index is 0.147. The van der Waals surface area contributed by atoms with Crippen LogP contribution in [0.15, 0.2) is 51.8 Å². The summed E-state index contributed by atoms with van der Waals surface area (Å²) < 4.78 is 33.2. The average Bonchev–Trinajstić information content (AvgIpc) is 2.59. The highest BCUT2D eigenvalue weighted by Crippen LogP contribution is 2.27. The van der Waals surface area contributed by atoms with Crippen LogP contribution in [0.3, 0.4) is 0 Å². The standard InChI is InChI=1S/C20H25BrN2O4S/c1-13(2)12-27-19-10-5-15(11-18(19)21)20(24)22-16-6-8-17(9-7-16)28(25,26)23-14(3)4/h5-11,13-14,23H,12H2,1-4H3,(H,22,24). The Hall–Kier alpha value is -1.90. The molecule has 8 heteroatoms. The summed E-state index contributed by atoms with van der Waals surface area (Å²) >= 11 is 3.42. The Bertz CT molecular complexity index is 926. The van der Waals surface area contributed by atoms with Gasteiger partial charge >= 0.3 is 0 Å². The van der Waals surface area contributed by atoms with E-state index in [1.165, 1.54) is 12.1 Å². The van der Waals surface area contributed by atoms with Crippen LogP contribution in [-0.4, -0.2) is 27.0 Å². The van der Waals surface area contributed by atoms with E-state index in [0.29, 0.717) is 34.0 Å². The van der Waals surface area contributed by atoms with Crippen molar-refractivity contribution in [3.05, 3.63) is 52.5 Å². The summed E-state index contributed by atoms with van der Waals surface area (Å²) in [5, 5.41) is 2.76. The van der Waals surface area contributed by atoms with E-state index in [-0.39, 0.29) is 16.8 Å². The molecule has 0 atom stereocenters. The van der Waals surface area contributed by atoms with Crippen molar-refractivity contribution in [1.29, 1.82) is 0 Å². The molecular formula is C20H25BrN2O4S. The third kappa shape index (κ3) is 6.32. The Kier molecular flexibility index (Phi) is 7.63. The molecule has 0 aliphatic carbocycles. The largest absolute Gasteiger partial charge is 0.492 e. The highest BCUT2D eigenvalue weighted by molar-refractivity contribution is 9.10. The second-order valence-electron chi connectivity index (χ2n) is 7.10. The van der Waals surface area contributed by atoms with E-state index in [9.17, 15) is 13.2 Å². The van der Waals surface area contributed by atoms with Gasteiger partial charge in [0.25, 0.3) is 5.91 Å². The van der Waals surface area contributed by atoms with Gasteiger partial charge in [-0.25, -0.2) is 13.1 Å². The monoisotopic (exact) mass is 468 g/mol. The summed E-state index contributed by atoms with van der Waals surface area (Å²) in [6.07, 6.45) is 0. The van der Waals surface area contributed by atoms with Crippen molar-refractivity contribution < 1.29 is 17.9 Å². The maximum atomic E-state index is 12.5. The van der Waals surface area contributed by atoms with Crippen LogP contribution in [0.2, 0.25) is 0 Å². The summed E-state index contributed by atoms with van der Waals surface area (Å²) in [6, 6.07) is 10.9. The Morgan fingerprint density at radius 2 is 1.71 bits per heavy atom. The van der Waals surface area contributed by atoms with Gasteiger partial charge in [-0.2, -0.15) is 0 Å². The van der Waals surface area contributed by atoms with Crippen molar-refractivity contribution in [2.75, 3.05) is 11.9 Å². The van der Waals surface area contributed by atoms with Crippen LogP contribution >= 0.6 is 15.9 Å². The third-order valence-corrected chi connectivity index (χ3v) is 5.87. The van der Waals surface area contributed by atoms with Gasteiger partial charge in [-0.05, 0) is 78.2 Å². The molecule has 0 saturated carbocycles. The summed E-state index contributed by atoms with van der Waals surface area (Å²) in [5.74, 6) is 0.780. The van der Waals surface area contributed by atoms with Gasteiger partial charge in [0.15, 0.2) is 0 Å². The topological polar surface area (TPSA) is 84.5 Å². The van der Waals surface area contributed by atoms with E-state index in [0.717, 1.165) is 0 Å². The Morgan fingerprint density at radius 1 is 1.07 bits per heavy atom. The van der Waals surface area contributed by atoms with Crippen molar-refractivity contribution in [3.63, 3.8) is 0 Å². The van der Waals surface area contributed by atoms with Gasteiger partial charge in [0.1, 0.15) is 5.75 Å². The second kappa shape index (κ2) is 9.54. The summed E-state index contributed by atoms with van der Waals surface area (Å²) in [6.45, 7) is 8.22. The number of anilines is 1. The number of halogens is 1. The number of hydrogen-bond acceptors (Lipinski definition) is 4. The van der Waals surface area contributed by atoms with Crippen molar-refractivity contribution >= 4 is 37.5 Å². The molecule has 28 heavy (non-hydrogen) atoms. The van der Waals surface area contributed by atoms with Gasteiger partial charge in [0, 0.05) is 17.3 Å². The number of hydrogen-bond donors (Lipinski definition) is 2. The predicted molar refractivity (Wildman–Crippen MR) is 114 cm³/mol. The normalized spacial score (nSPS) is 11.7. The van der Waals surface area contributed by atoms with E-state index < -0.39 is 10.0 Å². The van der Waals surface area contributed by atoms with Gasteiger partial charge in [0.2, 0.25) is 10.0 Å². The molecule has 0 radical (unpaired) electrons. The lowest BCUT2D eigenvalue weighted by atomic mass is 10.2. The van der Waals surface area contributed by atoms with Crippen LogP contribution < -0.4 is 14.8 Å². The molecule has 2 aromatic carbocycles. The lowest BCUT2D eigenvalue weighted by Gasteiger charge is -2.12. The predicted octanol–water partition coefficient (Wildman–Crippen LogP) is 4.42. The molecule has 0 fully saturated rings. The van der Waals surface area contributed by atoms with E-state index in [4.69, 9.17) is 4.74 Å². The molecule has 0 aliphatic rings. The second-order valence-corrected chi connectivity index (χ2v) is 9.67. The zero-order chi connectivity index (χ0) is 20.9. The first-order chi connectivity index (χ1) is 13.1. The number of nitrogens with one attached hydrogen (secondary N) is 2. The molecule has 0 heterocycles. The van der Waals surface area contributed by atoms with E-state index in [1.54, 1.807) is 44.2 Å². The molecule has 0 bridgehead atoms. The quantitative estimate of drug-likeness (QED) is 0.600. The van der Waals surface area contributed by atoms with Crippen molar-refractivity contribution in [2.24, 2.45) is 5.92 Å². The molecule has 6 nitrogen and oxygen atoms in total. The number of rotatable bonds is 8. The van der Waals surface area contributed by atoms with E-state index >= 15 is 0 Å². The minimum Gasteiger partial charge on any atom is -0.492 e. The minimum atomic E-state index is -3.56. The smallest absolute Gasteiger partial charge is 0.255 e. The first kappa shape index (κ1) is 22.4. The van der Waals surface area contributed by atoms with Gasteiger partial charge in [-0.1, -0.05) is 13.8 Å². The number of amides is 1. The number of carbonyl (C=O) groups is 1. The molecule has 2 N–H and O–H groups in total. The average molecular weight is 469 g/mol. The lowest BCUT2D eigenvalue weighted by molar-refractivity contribution is 0.102. The zero-order valence-corrected chi connectivity index (χ0v) is 18.7. The van der Waals surface area contributed by atoms with Crippen molar-refractivity contribution in [3.8, 4) is 5.75 Å². The van der Waals surface area contributed by atoms with Crippen LogP contribution in [0, 0.1) is 5.92 Å². The molecule has 152 valence electrons. The SMILES string of the molecule is CC(C)COc1ccc(C(=O)Nc2ccc(S(=O)(=O)NC(C)C)cc2)cc1Br. The van der Waals surface area contributed by atoms with Crippen LogP contribution in [0.4, 0.5) is 5.69 Å². The van der Waals surface area contributed by atoms with Crippen LogP contribution in [0.5, 0.6) is 5.75 Å². The van der Waals surface area contributed by atoms with Gasteiger partial charge < -0.3 is 10.1 Å². The maximum absolute atomic E-state index is 12.5. The molecular weight excluding hydrogens is 444 g/mol. The summed E-state index contributed by atoms with van der Waals surface area (Å²) in [7, 11) is -3.56. The lowest BCUT2D eigenvalue weighted by Crippen LogP contribution is -2.30. The fourth-order valence-electron chi connectivity index (χ4n) is 2.31. The zero-order valence-electron chi connectivity index (χ0n) is 16.3. The van der Waals surface area contributed by atoms with Crippen molar-refractivity contribution in [1.82, 2.24) is 4.72 Å². The molecule has 0 aliphatic heterocycles. The number of carbonyl (C=O) groups excluding carboxylic acids is 1. The fourth-order valence-corrected chi connectivity index (χ4v) is 4.06. The Morgan fingerprint density at radius 3 is 2.25 bits per heavy atom. The van der Waals surface area contributed by atoms with Crippen molar-refractivity contribution in [2.45, 2.75) is 38.6 Å². The third-order valence-electron chi connectivity index (χ3n) is 3.58. The molecule has 2 rings (SSSR count). The Balaban J connectivity index is 2.07. The molecule has 0 spiro atoms.